The number of nitrogen functional groups attached to an aromatic ring is 1. The molecule has 0 saturated heterocycles. The molecule has 19 heavy (non-hydrogen) atoms. The molecule has 7 nitrogen and oxygen atoms in total. The third-order valence-corrected chi connectivity index (χ3v) is 2.51. The number of aliphatic imine (C=N–C) groups is 1. The van der Waals surface area contributed by atoms with E-state index in [1.165, 1.54) is 6.92 Å². The van der Waals surface area contributed by atoms with Crippen LogP contribution < -0.4 is 17.0 Å². The monoisotopic (exact) mass is 260 g/mol. The number of aromatic nitrogens is 2. The first-order valence-corrected chi connectivity index (χ1v) is 5.45. The molecule has 1 aromatic heterocycles. The third-order valence-electron chi connectivity index (χ3n) is 2.51. The van der Waals surface area contributed by atoms with Crippen LogP contribution in [0.1, 0.15) is 12.5 Å². The maximum absolute atomic E-state index is 11.6. The quantitative estimate of drug-likeness (QED) is 0.463. The zero-order valence-corrected chi connectivity index (χ0v) is 10.1. The number of anilines is 1. The molecule has 0 bridgehead atoms. The van der Waals surface area contributed by atoms with Gasteiger partial charge in [0.2, 0.25) is 5.88 Å². The van der Waals surface area contributed by atoms with Gasteiger partial charge < -0.3 is 10.8 Å². The van der Waals surface area contributed by atoms with Crippen molar-refractivity contribution in [3.05, 3.63) is 50.7 Å². The number of benzene rings is 1. The van der Waals surface area contributed by atoms with Crippen molar-refractivity contribution in [2.75, 3.05) is 5.73 Å². The first kappa shape index (κ1) is 12.6. The van der Waals surface area contributed by atoms with Gasteiger partial charge in [0, 0.05) is 0 Å². The zero-order valence-electron chi connectivity index (χ0n) is 10.1. The Balaban J connectivity index is 2.57. The van der Waals surface area contributed by atoms with Crippen molar-refractivity contribution in [1.29, 1.82) is 0 Å². The number of H-pyrrole nitrogens is 2. The van der Waals surface area contributed by atoms with Gasteiger partial charge in [-0.05, 0) is 19.1 Å². The van der Waals surface area contributed by atoms with Crippen LogP contribution in [0.2, 0.25) is 0 Å². The van der Waals surface area contributed by atoms with Gasteiger partial charge in [0.05, 0.1) is 17.1 Å². The van der Waals surface area contributed by atoms with E-state index in [4.69, 9.17) is 5.73 Å². The normalized spacial score (nSPS) is 11.5. The second-order valence-electron chi connectivity index (χ2n) is 3.89. The standard InChI is InChI=1S/C12H12N4O3/c1-6(14-8-5-3-2-4-7(8)13)9-10(17)15-12(19)16-11(9)18/h2-5H,13H2,1H3,(H3,15,16,17,18,19). The Morgan fingerprint density at radius 3 is 2.58 bits per heavy atom. The Labute approximate surface area is 107 Å². The molecule has 0 aliphatic heterocycles. The molecule has 0 radical (unpaired) electrons. The summed E-state index contributed by atoms with van der Waals surface area (Å²) in [6.07, 6.45) is 0. The van der Waals surface area contributed by atoms with Crippen molar-refractivity contribution >= 4 is 17.1 Å². The molecule has 2 rings (SSSR count). The fourth-order valence-electron chi connectivity index (χ4n) is 1.64. The maximum atomic E-state index is 11.6. The van der Waals surface area contributed by atoms with Crippen molar-refractivity contribution in [3.8, 4) is 5.88 Å². The van der Waals surface area contributed by atoms with Gasteiger partial charge in [-0.15, -0.1) is 0 Å². The van der Waals surface area contributed by atoms with Crippen LogP contribution >= 0.6 is 0 Å². The average Bonchev–Trinajstić information content (AvgIpc) is 2.30. The van der Waals surface area contributed by atoms with Crippen molar-refractivity contribution in [2.45, 2.75) is 6.92 Å². The number of para-hydroxylation sites is 2. The molecule has 0 amide bonds. The highest BCUT2D eigenvalue weighted by atomic mass is 16.3. The molecule has 0 atom stereocenters. The minimum absolute atomic E-state index is 0.0946. The lowest BCUT2D eigenvalue weighted by molar-refractivity contribution is 0.447. The summed E-state index contributed by atoms with van der Waals surface area (Å²) in [7, 11) is 0. The van der Waals surface area contributed by atoms with Crippen LogP contribution in [0.25, 0.3) is 0 Å². The minimum Gasteiger partial charge on any atom is -0.494 e. The summed E-state index contributed by atoms with van der Waals surface area (Å²) >= 11 is 0. The fourth-order valence-corrected chi connectivity index (χ4v) is 1.64. The predicted molar refractivity (Wildman–Crippen MR) is 72.1 cm³/mol. The molecule has 1 heterocycles. The van der Waals surface area contributed by atoms with Crippen LogP contribution in [-0.2, 0) is 0 Å². The number of rotatable bonds is 2. The minimum atomic E-state index is -0.779. The molecule has 0 unspecified atom stereocenters. The van der Waals surface area contributed by atoms with Gasteiger partial charge in [0.15, 0.2) is 0 Å². The van der Waals surface area contributed by atoms with Gasteiger partial charge in [0.1, 0.15) is 5.56 Å². The first-order chi connectivity index (χ1) is 8.99. The van der Waals surface area contributed by atoms with Crippen LogP contribution in [0.5, 0.6) is 5.88 Å². The van der Waals surface area contributed by atoms with E-state index in [0.717, 1.165) is 0 Å². The highest BCUT2D eigenvalue weighted by Gasteiger charge is 2.12. The lowest BCUT2D eigenvalue weighted by Gasteiger charge is -2.04. The molecule has 5 N–H and O–H groups in total. The van der Waals surface area contributed by atoms with E-state index in [0.29, 0.717) is 11.4 Å². The average molecular weight is 260 g/mol. The van der Waals surface area contributed by atoms with Crippen molar-refractivity contribution in [3.63, 3.8) is 0 Å². The van der Waals surface area contributed by atoms with E-state index in [2.05, 4.69) is 9.98 Å². The Morgan fingerprint density at radius 1 is 1.26 bits per heavy atom. The molecular formula is C12H12N4O3. The van der Waals surface area contributed by atoms with Crippen molar-refractivity contribution < 1.29 is 5.11 Å². The largest absolute Gasteiger partial charge is 0.494 e. The lowest BCUT2D eigenvalue weighted by atomic mass is 10.2. The highest BCUT2D eigenvalue weighted by Crippen LogP contribution is 2.22. The smallest absolute Gasteiger partial charge is 0.328 e. The van der Waals surface area contributed by atoms with Gasteiger partial charge in [-0.3, -0.25) is 19.8 Å². The van der Waals surface area contributed by atoms with E-state index in [9.17, 15) is 14.7 Å². The van der Waals surface area contributed by atoms with Crippen LogP contribution in [0.3, 0.4) is 0 Å². The van der Waals surface area contributed by atoms with Gasteiger partial charge in [-0.2, -0.15) is 0 Å². The number of nitrogens with zero attached hydrogens (tertiary/aromatic N) is 1. The summed E-state index contributed by atoms with van der Waals surface area (Å²) < 4.78 is 0. The van der Waals surface area contributed by atoms with Crippen LogP contribution in [0, 0.1) is 0 Å². The molecule has 0 spiro atoms. The Kier molecular flexibility index (Phi) is 3.19. The molecule has 2 aromatic rings. The van der Waals surface area contributed by atoms with Crippen LogP contribution in [-0.4, -0.2) is 20.8 Å². The highest BCUT2D eigenvalue weighted by molar-refractivity contribution is 6.02. The number of aromatic amines is 2. The molecule has 0 aliphatic rings. The summed E-state index contributed by atoms with van der Waals surface area (Å²) in [5, 5.41) is 9.60. The van der Waals surface area contributed by atoms with E-state index in [-0.39, 0.29) is 11.3 Å². The summed E-state index contributed by atoms with van der Waals surface area (Å²) in [6, 6.07) is 6.85. The van der Waals surface area contributed by atoms with E-state index in [1.807, 2.05) is 4.98 Å². The fraction of sp³-hybridized carbons (Fsp3) is 0.0833. The number of aromatic hydroxyl groups is 1. The third kappa shape index (κ3) is 2.54. The number of hydrogen-bond donors (Lipinski definition) is 4. The topological polar surface area (TPSA) is 124 Å². The number of hydrogen-bond acceptors (Lipinski definition) is 5. The Hall–Kier alpha value is -2.83. The number of nitrogens with one attached hydrogen (secondary N) is 2. The van der Waals surface area contributed by atoms with Gasteiger partial charge in [-0.1, -0.05) is 12.1 Å². The van der Waals surface area contributed by atoms with Gasteiger partial charge in [-0.25, -0.2) is 4.79 Å². The zero-order chi connectivity index (χ0) is 14.0. The molecule has 0 saturated carbocycles. The Morgan fingerprint density at radius 2 is 1.95 bits per heavy atom. The van der Waals surface area contributed by atoms with Crippen molar-refractivity contribution in [1.82, 2.24) is 9.97 Å². The van der Waals surface area contributed by atoms with Crippen LogP contribution in [0.4, 0.5) is 11.4 Å². The van der Waals surface area contributed by atoms with Crippen LogP contribution in [0.15, 0.2) is 38.8 Å². The van der Waals surface area contributed by atoms with E-state index in [1.54, 1.807) is 24.3 Å². The SMILES string of the molecule is CC(=Nc1ccccc1N)c1c(O)[nH]c(=O)[nH]c1=O. The maximum Gasteiger partial charge on any atom is 0.328 e. The summed E-state index contributed by atoms with van der Waals surface area (Å²) in [5.41, 5.74) is 5.32. The van der Waals surface area contributed by atoms with Crippen molar-refractivity contribution in [2.24, 2.45) is 4.99 Å². The van der Waals surface area contributed by atoms with E-state index < -0.39 is 17.1 Å². The lowest BCUT2D eigenvalue weighted by Crippen LogP contribution is -2.27. The molecule has 98 valence electrons. The number of nitrogens with two attached hydrogens (primary N) is 1. The summed E-state index contributed by atoms with van der Waals surface area (Å²) in [5.74, 6) is -0.524. The van der Waals surface area contributed by atoms with Gasteiger partial charge in [0.25, 0.3) is 5.56 Å². The first-order valence-electron chi connectivity index (χ1n) is 5.45. The van der Waals surface area contributed by atoms with E-state index >= 15 is 0 Å². The second-order valence-corrected chi connectivity index (χ2v) is 3.89. The second kappa shape index (κ2) is 4.81. The molecule has 7 heteroatoms. The van der Waals surface area contributed by atoms with Gasteiger partial charge >= 0.3 is 5.69 Å². The molecule has 0 fully saturated rings. The molecular weight excluding hydrogens is 248 g/mol. The Bertz CT molecular complexity index is 758. The summed E-state index contributed by atoms with van der Waals surface area (Å²) in [4.78, 5) is 30.9. The molecule has 1 aromatic carbocycles. The molecule has 0 aliphatic carbocycles. The predicted octanol–water partition coefficient (Wildman–Crippen LogP) is 0.492. The summed E-state index contributed by atoms with van der Waals surface area (Å²) in [6.45, 7) is 1.54.